The fraction of sp³-hybridized carbons (Fsp3) is 0. The van der Waals surface area contributed by atoms with Crippen molar-refractivity contribution in [1.82, 2.24) is 0 Å². The van der Waals surface area contributed by atoms with Crippen LogP contribution in [-0.4, -0.2) is 0 Å². The van der Waals surface area contributed by atoms with Gasteiger partial charge in [-0.1, -0.05) is 30.3 Å². The van der Waals surface area contributed by atoms with Gasteiger partial charge in [0.1, 0.15) is 0 Å². The molecule has 0 N–H and O–H groups in total. The maximum atomic E-state index is 3.24. The summed E-state index contributed by atoms with van der Waals surface area (Å²) in [7, 11) is 0. The van der Waals surface area contributed by atoms with Crippen LogP contribution in [0.3, 0.4) is 0 Å². The lowest BCUT2D eigenvalue weighted by molar-refractivity contribution is 1.82. The fourth-order valence-corrected chi connectivity index (χ4v) is 2.60. The molecule has 3 rings (SSSR count). The van der Waals surface area contributed by atoms with Crippen molar-refractivity contribution in [1.29, 1.82) is 0 Å². The third-order valence-electron chi connectivity index (χ3n) is 2.15. The van der Waals surface area contributed by atoms with Crippen LogP contribution in [0.1, 0.15) is 0 Å². The van der Waals surface area contributed by atoms with E-state index in [9.17, 15) is 0 Å². The van der Waals surface area contributed by atoms with Crippen LogP contribution in [-0.2, 0) is 0 Å². The van der Waals surface area contributed by atoms with Crippen molar-refractivity contribution in [2.45, 2.75) is 0 Å². The van der Waals surface area contributed by atoms with E-state index in [1.165, 1.54) is 20.2 Å². The summed E-state index contributed by atoms with van der Waals surface area (Å²) in [4.78, 5) is 0. The van der Waals surface area contributed by atoms with E-state index in [1.807, 2.05) is 24.3 Å². The van der Waals surface area contributed by atoms with Crippen LogP contribution < -0.4 is 0 Å². The molecule has 60 valence electrons. The molecule has 0 saturated carbocycles. The maximum absolute atomic E-state index is 3.24. The van der Waals surface area contributed by atoms with Gasteiger partial charge in [-0.25, -0.2) is 0 Å². The van der Waals surface area contributed by atoms with Gasteiger partial charge in [-0.2, -0.15) is 0 Å². The number of benzene rings is 2. The van der Waals surface area contributed by atoms with Crippen LogP contribution in [0.2, 0.25) is 0 Å². The second-order valence-corrected chi connectivity index (χ2v) is 3.99. The minimum atomic E-state index is 1.23. The molecule has 0 aliphatic carbocycles. The first kappa shape index (κ1) is 7.10. The average Bonchev–Trinajstić information content (AvgIpc) is 2.56. The zero-order valence-electron chi connectivity index (χ0n) is 6.87. The van der Waals surface area contributed by atoms with Gasteiger partial charge in [0.05, 0.1) is 0 Å². The molecule has 0 nitrogen and oxygen atoms in total. The summed E-state index contributed by atoms with van der Waals surface area (Å²) >= 11 is 1.77. The van der Waals surface area contributed by atoms with Gasteiger partial charge in [-0.15, -0.1) is 11.3 Å². The Labute approximate surface area is 80.4 Å². The SMILES string of the molecule is [c]1ccc2c(c1)sc1[c]cccc12. The number of hydrogen-bond donors (Lipinski definition) is 0. The lowest BCUT2D eigenvalue weighted by Crippen LogP contribution is -1.63. The zero-order chi connectivity index (χ0) is 8.67. The second-order valence-electron chi connectivity index (χ2n) is 2.94. The Hall–Kier alpha value is -1.34. The third kappa shape index (κ3) is 0.973. The van der Waals surface area contributed by atoms with Crippen LogP contribution in [0, 0.1) is 12.1 Å². The molecular formula is C12H6S. The zero-order valence-corrected chi connectivity index (χ0v) is 7.69. The minimum absolute atomic E-state index is 1.23. The van der Waals surface area contributed by atoms with E-state index in [0.29, 0.717) is 0 Å². The van der Waals surface area contributed by atoms with Crippen molar-refractivity contribution in [3.05, 3.63) is 48.5 Å². The summed E-state index contributed by atoms with van der Waals surface area (Å²) in [5.74, 6) is 0. The van der Waals surface area contributed by atoms with E-state index >= 15 is 0 Å². The Morgan fingerprint density at radius 1 is 1.08 bits per heavy atom. The predicted octanol–water partition coefficient (Wildman–Crippen LogP) is 3.65. The first-order valence-electron chi connectivity index (χ1n) is 4.14. The topological polar surface area (TPSA) is 0 Å². The summed E-state index contributed by atoms with van der Waals surface area (Å²) in [6.07, 6.45) is 0. The molecule has 3 aromatic rings. The molecule has 0 bridgehead atoms. The van der Waals surface area contributed by atoms with E-state index in [4.69, 9.17) is 0 Å². The van der Waals surface area contributed by atoms with Crippen molar-refractivity contribution in [2.75, 3.05) is 0 Å². The smallest absolute Gasteiger partial charge is 0.0434 e. The Kier molecular flexibility index (Phi) is 1.41. The van der Waals surface area contributed by atoms with Crippen LogP contribution in [0.15, 0.2) is 36.4 Å². The molecule has 0 saturated heterocycles. The summed E-state index contributed by atoms with van der Waals surface area (Å²) in [5.41, 5.74) is 0. The molecule has 0 aliphatic rings. The van der Waals surface area contributed by atoms with Crippen LogP contribution in [0.5, 0.6) is 0 Å². The Balaban J connectivity index is 2.64. The molecule has 0 amide bonds. The van der Waals surface area contributed by atoms with E-state index in [-0.39, 0.29) is 0 Å². The largest absolute Gasteiger partial charge is 0.135 e. The van der Waals surface area contributed by atoms with E-state index in [2.05, 4.69) is 24.3 Å². The molecule has 1 heterocycles. The molecule has 1 heteroatoms. The summed E-state index contributed by atoms with van der Waals surface area (Å²) in [5, 5.41) is 2.62. The highest BCUT2D eigenvalue weighted by Crippen LogP contribution is 2.32. The summed E-state index contributed by atoms with van der Waals surface area (Å²) in [6, 6.07) is 18.6. The molecule has 0 fully saturated rings. The molecule has 13 heavy (non-hydrogen) atoms. The Bertz CT molecular complexity index is 513. The second kappa shape index (κ2) is 2.57. The van der Waals surface area contributed by atoms with Crippen molar-refractivity contribution in [2.24, 2.45) is 0 Å². The number of fused-ring (bicyclic) bond motifs is 3. The first-order valence-corrected chi connectivity index (χ1v) is 4.96. The van der Waals surface area contributed by atoms with Crippen LogP contribution in [0.25, 0.3) is 20.2 Å². The van der Waals surface area contributed by atoms with E-state index in [0.717, 1.165) is 0 Å². The highest BCUT2D eigenvalue weighted by atomic mass is 32.1. The fourth-order valence-electron chi connectivity index (χ4n) is 1.55. The quantitative estimate of drug-likeness (QED) is 0.497. The number of rotatable bonds is 0. The van der Waals surface area contributed by atoms with Gasteiger partial charge < -0.3 is 0 Å². The normalized spacial score (nSPS) is 11.1. The minimum Gasteiger partial charge on any atom is -0.135 e. The van der Waals surface area contributed by atoms with Crippen molar-refractivity contribution >= 4 is 31.5 Å². The monoisotopic (exact) mass is 182 g/mol. The number of thiophene rings is 1. The molecule has 1 aromatic heterocycles. The Morgan fingerprint density at radius 3 is 3.08 bits per heavy atom. The summed E-state index contributed by atoms with van der Waals surface area (Å²) < 4.78 is 2.53. The first-order chi connectivity index (χ1) is 6.45. The summed E-state index contributed by atoms with van der Waals surface area (Å²) in [6.45, 7) is 0. The van der Waals surface area contributed by atoms with Gasteiger partial charge in [-0.3, -0.25) is 0 Å². The maximum Gasteiger partial charge on any atom is 0.0434 e. The standard InChI is InChI=1S/C12H6S/c1-3-7-11-9(5-1)10-6-2-4-8-12(10)13-11/h1-3,5-6,8H. The van der Waals surface area contributed by atoms with Crippen molar-refractivity contribution < 1.29 is 0 Å². The van der Waals surface area contributed by atoms with Crippen molar-refractivity contribution in [3.8, 4) is 0 Å². The van der Waals surface area contributed by atoms with Crippen LogP contribution in [0.4, 0.5) is 0 Å². The molecular weight excluding hydrogens is 176 g/mol. The van der Waals surface area contributed by atoms with E-state index in [1.54, 1.807) is 11.3 Å². The lowest BCUT2D eigenvalue weighted by atomic mass is 10.2. The molecule has 0 unspecified atom stereocenters. The van der Waals surface area contributed by atoms with Gasteiger partial charge in [0, 0.05) is 26.2 Å². The molecule has 0 spiro atoms. The van der Waals surface area contributed by atoms with Gasteiger partial charge in [0.15, 0.2) is 0 Å². The predicted molar refractivity (Wildman–Crippen MR) is 57.0 cm³/mol. The third-order valence-corrected chi connectivity index (χ3v) is 3.25. The van der Waals surface area contributed by atoms with E-state index < -0.39 is 0 Å². The van der Waals surface area contributed by atoms with Crippen LogP contribution >= 0.6 is 11.3 Å². The van der Waals surface area contributed by atoms with Gasteiger partial charge >= 0.3 is 0 Å². The molecule has 2 aromatic carbocycles. The highest BCUT2D eigenvalue weighted by Gasteiger charge is 2.01. The lowest BCUT2D eigenvalue weighted by Gasteiger charge is -1.87. The van der Waals surface area contributed by atoms with Gasteiger partial charge in [0.25, 0.3) is 0 Å². The number of hydrogen-bond acceptors (Lipinski definition) is 1. The van der Waals surface area contributed by atoms with Gasteiger partial charge in [-0.05, 0) is 12.1 Å². The molecule has 2 radical (unpaired) electrons. The van der Waals surface area contributed by atoms with Crippen molar-refractivity contribution in [3.63, 3.8) is 0 Å². The molecule has 0 atom stereocenters. The molecule has 0 aliphatic heterocycles. The average molecular weight is 182 g/mol. The highest BCUT2D eigenvalue weighted by molar-refractivity contribution is 7.25. The van der Waals surface area contributed by atoms with Gasteiger partial charge in [0.2, 0.25) is 0 Å². The Morgan fingerprint density at radius 2 is 2.08 bits per heavy atom.